The number of hydrogen-bond acceptors (Lipinski definition) is 3. The van der Waals surface area contributed by atoms with Crippen molar-refractivity contribution in [3.63, 3.8) is 0 Å². The van der Waals surface area contributed by atoms with Crippen molar-refractivity contribution in [2.45, 2.75) is 65.1 Å². The van der Waals surface area contributed by atoms with Crippen molar-refractivity contribution in [1.29, 1.82) is 0 Å². The molecular formula is C38H42BNO2. The second-order valence-electron chi connectivity index (χ2n) is 12.1. The number of allylic oxidation sites excluding steroid dienone is 9. The summed E-state index contributed by atoms with van der Waals surface area (Å²) in [6, 6.07) is 29.7. The highest BCUT2D eigenvalue weighted by Gasteiger charge is 2.51. The van der Waals surface area contributed by atoms with Gasteiger partial charge in [-0.25, -0.2) is 0 Å². The van der Waals surface area contributed by atoms with Crippen LogP contribution in [0.1, 0.15) is 65.0 Å². The monoisotopic (exact) mass is 555 g/mol. The zero-order valence-corrected chi connectivity index (χ0v) is 25.6. The molecule has 4 heteroatoms. The lowest BCUT2D eigenvalue weighted by atomic mass is 9.79. The Morgan fingerprint density at radius 1 is 0.786 bits per heavy atom. The summed E-state index contributed by atoms with van der Waals surface area (Å²) in [6.45, 7) is 14.6. The molecule has 0 saturated carbocycles. The van der Waals surface area contributed by atoms with E-state index < -0.39 is 0 Å². The van der Waals surface area contributed by atoms with Crippen molar-refractivity contribution in [2.75, 3.05) is 4.90 Å². The molecule has 3 aromatic carbocycles. The van der Waals surface area contributed by atoms with E-state index in [0.717, 1.165) is 47.2 Å². The maximum atomic E-state index is 6.32. The Bertz CT molecular complexity index is 1500. The quantitative estimate of drug-likeness (QED) is 0.204. The lowest BCUT2D eigenvalue weighted by Gasteiger charge is -2.32. The van der Waals surface area contributed by atoms with Crippen LogP contribution in [-0.2, 0) is 9.31 Å². The van der Waals surface area contributed by atoms with Crippen LogP contribution in [0.5, 0.6) is 0 Å². The lowest BCUT2D eigenvalue weighted by molar-refractivity contribution is 0.00578. The van der Waals surface area contributed by atoms with Crippen molar-refractivity contribution in [2.24, 2.45) is 0 Å². The molecule has 0 unspecified atom stereocenters. The minimum Gasteiger partial charge on any atom is -0.399 e. The molecule has 3 nitrogen and oxygen atoms in total. The molecule has 0 atom stereocenters. The van der Waals surface area contributed by atoms with Crippen LogP contribution in [0.15, 0.2) is 133 Å². The molecule has 1 fully saturated rings. The fourth-order valence-electron chi connectivity index (χ4n) is 5.46. The van der Waals surface area contributed by atoms with Gasteiger partial charge in [0.2, 0.25) is 0 Å². The summed E-state index contributed by atoms with van der Waals surface area (Å²) in [4.78, 5) is 2.38. The topological polar surface area (TPSA) is 21.7 Å². The molecule has 0 radical (unpaired) electrons. The number of anilines is 1. The Hall–Kier alpha value is -3.86. The minimum atomic E-state index is -0.383. The Morgan fingerprint density at radius 3 is 2.02 bits per heavy atom. The molecule has 0 spiro atoms. The molecule has 1 aliphatic carbocycles. The zero-order chi connectivity index (χ0) is 29.7. The third-order valence-corrected chi connectivity index (χ3v) is 8.65. The van der Waals surface area contributed by atoms with Crippen molar-refractivity contribution in [3.8, 4) is 0 Å². The van der Waals surface area contributed by atoms with Gasteiger partial charge in [0.1, 0.15) is 0 Å². The first-order valence-electron chi connectivity index (χ1n) is 15.0. The SMILES string of the molecule is C=C/C(=C\C=C(/C)N(C1=CC=C(c2ccccc2)CCC1)c1ccc(B2OC(C)(C)C(C)(C)O2)cc1)c1ccccc1. The molecule has 1 saturated heterocycles. The maximum Gasteiger partial charge on any atom is 0.494 e. The van der Waals surface area contributed by atoms with Gasteiger partial charge in [-0.05, 0) is 106 Å². The summed E-state index contributed by atoms with van der Waals surface area (Å²) in [5, 5.41) is 0. The average molecular weight is 556 g/mol. The summed E-state index contributed by atoms with van der Waals surface area (Å²) in [5.74, 6) is 0. The second-order valence-corrected chi connectivity index (χ2v) is 12.1. The Morgan fingerprint density at radius 2 is 1.40 bits per heavy atom. The molecule has 5 rings (SSSR count). The van der Waals surface area contributed by atoms with E-state index in [1.807, 2.05) is 12.1 Å². The van der Waals surface area contributed by atoms with Gasteiger partial charge in [-0.1, -0.05) is 97.6 Å². The maximum absolute atomic E-state index is 6.32. The van der Waals surface area contributed by atoms with Gasteiger partial charge in [0.05, 0.1) is 11.2 Å². The largest absolute Gasteiger partial charge is 0.494 e. The van der Waals surface area contributed by atoms with Gasteiger partial charge >= 0.3 is 7.12 Å². The van der Waals surface area contributed by atoms with Gasteiger partial charge in [-0.3, -0.25) is 0 Å². The average Bonchev–Trinajstić information content (AvgIpc) is 3.13. The molecule has 3 aromatic rings. The van der Waals surface area contributed by atoms with E-state index in [1.54, 1.807) is 0 Å². The summed E-state index contributed by atoms with van der Waals surface area (Å²) >= 11 is 0. The Kier molecular flexibility index (Phi) is 8.87. The van der Waals surface area contributed by atoms with Crippen LogP contribution in [0.3, 0.4) is 0 Å². The molecule has 0 N–H and O–H groups in total. The molecule has 2 aliphatic rings. The van der Waals surface area contributed by atoms with Crippen LogP contribution < -0.4 is 10.4 Å². The summed E-state index contributed by atoms with van der Waals surface area (Å²) < 4.78 is 12.6. The fourth-order valence-corrected chi connectivity index (χ4v) is 5.46. The van der Waals surface area contributed by atoms with Gasteiger partial charge < -0.3 is 14.2 Å². The van der Waals surface area contributed by atoms with Crippen molar-refractivity contribution in [3.05, 3.63) is 144 Å². The molecule has 214 valence electrons. The van der Waals surface area contributed by atoms with Crippen LogP contribution in [-0.4, -0.2) is 18.3 Å². The first-order valence-corrected chi connectivity index (χ1v) is 15.0. The van der Waals surface area contributed by atoms with Crippen LogP contribution in [0, 0.1) is 0 Å². The smallest absolute Gasteiger partial charge is 0.399 e. The summed E-state index contributed by atoms with van der Waals surface area (Å²) in [6.07, 6.45) is 14.0. The molecule has 0 bridgehead atoms. The van der Waals surface area contributed by atoms with Crippen LogP contribution in [0.25, 0.3) is 11.1 Å². The van der Waals surface area contributed by atoms with Crippen molar-refractivity contribution in [1.82, 2.24) is 0 Å². The lowest BCUT2D eigenvalue weighted by Crippen LogP contribution is -2.41. The van der Waals surface area contributed by atoms with E-state index in [0.29, 0.717) is 0 Å². The van der Waals surface area contributed by atoms with Gasteiger partial charge in [-0.2, -0.15) is 0 Å². The highest BCUT2D eigenvalue weighted by molar-refractivity contribution is 6.62. The van der Waals surface area contributed by atoms with Gasteiger partial charge in [0.25, 0.3) is 0 Å². The van der Waals surface area contributed by atoms with E-state index >= 15 is 0 Å². The normalized spacial score (nSPS) is 18.6. The first kappa shape index (κ1) is 29.6. The highest BCUT2D eigenvalue weighted by atomic mass is 16.7. The number of nitrogens with zero attached hydrogens (tertiary/aromatic N) is 1. The third-order valence-electron chi connectivity index (χ3n) is 8.65. The van der Waals surface area contributed by atoms with E-state index in [4.69, 9.17) is 9.31 Å². The molecule has 1 heterocycles. The Balaban J connectivity index is 1.51. The van der Waals surface area contributed by atoms with E-state index in [2.05, 4.69) is 149 Å². The number of hydrogen-bond donors (Lipinski definition) is 0. The zero-order valence-electron chi connectivity index (χ0n) is 25.6. The molecule has 0 aromatic heterocycles. The standard InChI is InChI=1S/C38H42BNO2/c1-7-30(31-15-10-8-11-16-31)22-21-29(2)40(35-20-14-19-33(23-26-35)32-17-12-9-13-18-32)36-27-24-34(25-28-36)39-41-37(3,4)38(5,6)42-39/h7-13,15-18,21-28H,1,14,19-20H2,2-6H3/b29-21+,30-22+. The van der Waals surface area contributed by atoms with Gasteiger partial charge in [0, 0.05) is 17.1 Å². The second kappa shape index (κ2) is 12.6. The number of benzene rings is 3. The summed E-state index contributed by atoms with van der Waals surface area (Å²) in [7, 11) is -0.383. The van der Waals surface area contributed by atoms with Crippen molar-refractivity contribution < 1.29 is 9.31 Å². The van der Waals surface area contributed by atoms with Crippen LogP contribution in [0.2, 0.25) is 0 Å². The molecule has 0 amide bonds. The first-order chi connectivity index (χ1) is 20.2. The predicted molar refractivity (Wildman–Crippen MR) is 179 cm³/mol. The van der Waals surface area contributed by atoms with E-state index in [9.17, 15) is 0 Å². The van der Waals surface area contributed by atoms with Gasteiger partial charge in [-0.15, -0.1) is 0 Å². The van der Waals surface area contributed by atoms with Gasteiger partial charge in [0.15, 0.2) is 0 Å². The van der Waals surface area contributed by atoms with Crippen molar-refractivity contribution >= 4 is 29.4 Å². The van der Waals surface area contributed by atoms with E-state index in [1.165, 1.54) is 16.8 Å². The highest BCUT2D eigenvalue weighted by Crippen LogP contribution is 2.37. The van der Waals surface area contributed by atoms with E-state index in [-0.39, 0.29) is 18.3 Å². The predicted octanol–water partition coefficient (Wildman–Crippen LogP) is 9.12. The molecular weight excluding hydrogens is 513 g/mol. The van der Waals surface area contributed by atoms with Crippen LogP contribution in [0.4, 0.5) is 5.69 Å². The molecule has 42 heavy (non-hydrogen) atoms. The molecule has 1 aliphatic heterocycles. The third kappa shape index (κ3) is 6.46. The summed E-state index contributed by atoms with van der Waals surface area (Å²) in [5.41, 5.74) is 8.71. The van der Waals surface area contributed by atoms with Crippen LogP contribution >= 0.6 is 0 Å². The minimum absolute atomic E-state index is 0.371. The number of rotatable bonds is 8. The Labute approximate surface area is 252 Å². The fraction of sp³-hybridized carbons (Fsp3) is 0.263.